The highest BCUT2D eigenvalue weighted by Crippen LogP contribution is 2.22. The molecule has 1 atom stereocenters. The summed E-state index contributed by atoms with van der Waals surface area (Å²) in [5.74, 6) is 0. The molecule has 1 fully saturated rings. The largest absolute Gasteiger partial charge is 0.315 e. The Morgan fingerprint density at radius 1 is 1.53 bits per heavy atom. The summed E-state index contributed by atoms with van der Waals surface area (Å²) in [5, 5.41) is 5.50. The quantitative estimate of drug-likeness (QED) is 0.836. The molecule has 0 amide bonds. The van der Waals surface area contributed by atoms with Crippen molar-refractivity contribution in [1.82, 2.24) is 15.2 Å². The molecular formula is C12H21N3OS. The van der Waals surface area contributed by atoms with Crippen molar-refractivity contribution in [2.75, 3.05) is 19.6 Å². The number of hydrogen-bond donors (Lipinski definition) is 2. The SMILES string of the molecule is CC(C)(C)C1CN(Cc2csc(=O)[nH]2)CCN1. The van der Waals surface area contributed by atoms with E-state index >= 15 is 0 Å². The molecule has 2 rings (SSSR count). The van der Waals surface area contributed by atoms with Gasteiger partial charge in [-0.15, -0.1) is 0 Å². The van der Waals surface area contributed by atoms with Crippen LogP contribution in [-0.4, -0.2) is 35.6 Å². The predicted molar refractivity (Wildman–Crippen MR) is 71.5 cm³/mol. The summed E-state index contributed by atoms with van der Waals surface area (Å²) in [4.78, 5) is 16.4. The lowest BCUT2D eigenvalue weighted by Crippen LogP contribution is -2.55. The van der Waals surface area contributed by atoms with E-state index in [1.807, 2.05) is 5.38 Å². The Labute approximate surface area is 106 Å². The van der Waals surface area contributed by atoms with Crippen molar-refractivity contribution in [1.29, 1.82) is 0 Å². The van der Waals surface area contributed by atoms with E-state index in [4.69, 9.17) is 0 Å². The second-order valence-electron chi connectivity index (χ2n) is 5.78. The lowest BCUT2D eigenvalue weighted by molar-refractivity contribution is 0.128. The van der Waals surface area contributed by atoms with Crippen LogP contribution in [0.3, 0.4) is 0 Å². The molecule has 1 aliphatic rings. The maximum absolute atomic E-state index is 11.1. The molecule has 2 heterocycles. The van der Waals surface area contributed by atoms with Crippen molar-refractivity contribution >= 4 is 11.3 Å². The molecule has 0 radical (unpaired) electrons. The predicted octanol–water partition coefficient (Wildman–Crippen LogP) is 1.26. The van der Waals surface area contributed by atoms with Crippen molar-refractivity contribution in [2.45, 2.75) is 33.4 Å². The summed E-state index contributed by atoms with van der Waals surface area (Å²) in [5.41, 5.74) is 1.32. The van der Waals surface area contributed by atoms with E-state index in [1.165, 1.54) is 11.3 Å². The Hall–Kier alpha value is -0.650. The number of nitrogens with one attached hydrogen (secondary N) is 2. The standard InChI is InChI=1S/C12H21N3OS/c1-12(2,3)10-7-15(5-4-13-10)6-9-8-17-11(16)14-9/h8,10,13H,4-7H2,1-3H3,(H,14,16). The van der Waals surface area contributed by atoms with Crippen LogP contribution in [0.15, 0.2) is 10.2 Å². The number of nitrogens with zero attached hydrogens (tertiary/aromatic N) is 1. The van der Waals surface area contributed by atoms with Gasteiger partial charge in [-0.1, -0.05) is 32.1 Å². The van der Waals surface area contributed by atoms with E-state index in [1.54, 1.807) is 0 Å². The lowest BCUT2D eigenvalue weighted by atomic mass is 9.85. The zero-order chi connectivity index (χ0) is 12.5. The van der Waals surface area contributed by atoms with Gasteiger partial charge in [0, 0.05) is 43.3 Å². The maximum atomic E-state index is 11.1. The number of piperazine rings is 1. The minimum Gasteiger partial charge on any atom is -0.315 e. The smallest absolute Gasteiger partial charge is 0.304 e. The van der Waals surface area contributed by atoms with Crippen LogP contribution in [0.1, 0.15) is 26.5 Å². The Bertz CT molecular complexity index is 418. The fourth-order valence-corrected chi connectivity index (χ4v) is 2.74. The van der Waals surface area contributed by atoms with Gasteiger partial charge in [0.25, 0.3) is 0 Å². The summed E-state index contributed by atoms with van der Waals surface area (Å²) in [6, 6.07) is 0.515. The van der Waals surface area contributed by atoms with Gasteiger partial charge < -0.3 is 10.3 Å². The van der Waals surface area contributed by atoms with Gasteiger partial charge in [0.2, 0.25) is 0 Å². The second-order valence-corrected chi connectivity index (χ2v) is 6.62. The normalized spacial score (nSPS) is 22.9. The van der Waals surface area contributed by atoms with E-state index in [0.29, 0.717) is 6.04 Å². The topological polar surface area (TPSA) is 48.1 Å². The van der Waals surface area contributed by atoms with Crippen molar-refractivity contribution in [3.8, 4) is 0 Å². The molecule has 1 saturated heterocycles. The third-order valence-electron chi connectivity index (χ3n) is 3.27. The molecule has 4 nitrogen and oxygen atoms in total. The first kappa shape index (κ1) is 12.8. The van der Waals surface area contributed by atoms with Crippen LogP contribution in [0.25, 0.3) is 0 Å². The molecule has 5 heteroatoms. The van der Waals surface area contributed by atoms with E-state index in [2.05, 4.69) is 36.0 Å². The number of aromatic nitrogens is 1. The van der Waals surface area contributed by atoms with Gasteiger partial charge in [-0.05, 0) is 5.41 Å². The maximum Gasteiger partial charge on any atom is 0.304 e. The Morgan fingerprint density at radius 2 is 2.29 bits per heavy atom. The van der Waals surface area contributed by atoms with Crippen LogP contribution in [-0.2, 0) is 6.54 Å². The highest BCUT2D eigenvalue weighted by molar-refractivity contribution is 7.07. The van der Waals surface area contributed by atoms with E-state index in [9.17, 15) is 4.79 Å². The Morgan fingerprint density at radius 3 is 2.88 bits per heavy atom. The van der Waals surface area contributed by atoms with Gasteiger partial charge >= 0.3 is 4.87 Å². The average molecular weight is 255 g/mol. The fourth-order valence-electron chi connectivity index (χ4n) is 2.17. The summed E-state index contributed by atoms with van der Waals surface area (Å²) in [7, 11) is 0. The van der Waals surface area contributed by atoms with Crippen molar-refractivity contribution < 1.29 is 0 Å². The first-order valence-electron chi connectivity index (χ1n) is 6.07. The summed E-state index contributed by atoms with van der Waals surface area (Å²) < 4.78 is 0. The zero-order valence-corrected chi connectivity index (χ0v) is 11.6. The number of H-pyrrole nitrogens is 1. The number of hydrogen-bond acceptors (Lipinski definition) is 4. The fraction of sp³-hybridized carbons (Fsp3) is 0.750. The summed E-state index contributed by atoms with van der Waals surface area (Å²) >= 11 is 1.25. The third-order valence-corrected chi connectivity index (χ3v) is 3.99. The third kappa shape index (κ3) is 3.40. The molecule has 1 unspecified atom stereocenters. The van der Waals surface area contributed by atoms with Crippen LogP contribution in [0.5, 0.6) is 0 Å². The van der Waals surface area contributed by atoms with Crippen LogP contribution in [0.4, 0.5) is 0 Å². The minimum absolute atomic E-state index is 0.0440. The molecule has 96 valence electrons. The minimum atomic E-state index is 0.0440. The van der Waals surface area contributed by atoms with E-state index < -0.39 is 0 Å². The monoisotopic (exact) mass is 255 g/mol. The van der Waals surface area contributed by atoms with Gasteiger partial charge in [0.05, 0.1) is 0 Å². The van der Waals surface area contributed by atoms with Gasteiger partial charge in [-0.2, -0.15) is 0 Å². The molecule has 0 aliphatic carbocycles. The zero-order valence-electron chi connectivity index (χ0n) is 10.7. The van der Waals surface area contributed by atoms with Crippen molar-refractivity contribution in [3.05, 3.63) is 20.7 Å². The molecule has 1 aromatic rings. The van der Waals surface area contributed by atoms with E-state index in [-0.39, 0.29) is 10.3 Å². The first-order chi connectivity index (χ1) is 7.95. The number of rotatable bonds is 2. The van der Waals surface area contributed by atoms with Gasteiger partial charge in [-0.3, -0.25) is 9.69 Å². The van der Waals surface area contributed by atoms with Crippen molar-refractivity contribution in [3.63, 3.8) is 0 Å². The molecule has 0 bridgehead atoms. The Kier molecular flexibility index (Phi) is 3.70. The van der Waals surface area contributed by atoms with Gasteiger partial charge in [0.15, 0.2) is 0 Å². The molecule has 0 aromatic carbocycles. The molecular weight excluding hydrogens is 234 g/mol. The van der Waals surface area contributed by atoms with Crippen molar-refractivity contribution in [2.24, 2.45) is 5.41 Å². The van der Waals surface area contributed by atoms with Crippen LogP contribution in [0.2, 0.25) is 0 Å². The summed E-state index contributed by atoms with van der Waals surface area (Å²) in [6.45, 7) is 10.8. The molecule has 0 spiro atoms. The molecule has 1 aliphatic heterocycles. The first-order valence-corrected chi connectivity index (χ1v) is 6.95. The molecule has 17 heavy (non-hydrogen) atoms. The van der Waals surface area contributed by atoms with E-state index in [0.717, 1.165) is 31.9 Å². The lowest BCUT2D eigenvalue weighted by Gasteiger charge is -2.40. The van der Waals surface area contributed by atoms with Gasteiger partial charge in [0.1, 0.15) is 0 Å². The van der Waals surface area contributed by atoms with Crippen LogP contribution < -0.4 is 10.2 Å². The summed E-state index contributed by atoms with van der Waals surface area (Å²) in [6.07, 6.45) is 0. The highest BCUT2D eigenvalue weighted by Gasteiger charge is 2.29. The Balaban J connectivity index is 1.96. The van der Waals surface area contributed by atoms with Crippen LogP contribution >= 0.6 is 11.3 Å². The van der Waals surface area contributed by atoms with Gasteiger partial charge in [-0.25, -0.2) is 0 Å². The second kappa shape index (κ2) is 4.92. The number of thiazole rings is 1. The molecule has 2 N–H and O–H groups in total. The molecule has 1 aromatic heterocycles. The highest BCUT2D eigenvalue weighted by atomic mass is 32.1. The number of aromatic amines is 1. The molecule has 0 saturated carbocycles. The van der Waals surface area contributed by atoms with Crippen LogP contribution in [0, 0.1) is 5.41 Å². The average Bonchev–Trinajstić information content (AvgIpc) is 2.63.